The Morgan fingerprint density at radius 3 is 1.55 bits per heavy atom. The number of rotatable bonds is 9. The number of carboxylic acids is 1. The number of benzene rings is 3. The van der Waals surface area contributed by atoms with Gasteiger partial charge in [0.1, 0.15) is 0 Å². The van der Waals surface area contributed by atoms with Crippen LogP contribution in [-0.2, 0) is 25.6 Å². The van der Waals surface area contributed by atoms with Crippen LogP contribution in [0.2, 0.25) is 0 Å². The highest BCUT2D eigenvalue weighted by Gasteiger charge is 2.40. The van der Waals surface area contributed by atoms with Crippen LogP contribution >= 0.6 is 0 Å². The highest BCUT2D eigenvalue weighted by Crippen LogP contribution is 2.14. The van der Waals surface area contributed by atoms with Crippen LogP contribution in [0.3, 0.4) is 0 Å². The lowest BCUT2D eigenvalue weighted by Crippen LogP contribution is -2.50. The second-order valence-electron chi connectivity index (χ2n) is 6.93. The smallest absolute Gasteiger partial charge is 0.349 e. The van der Waals surface area contributed by atoms with Crippen LogP contribution in [0, 0.1) is 0 Å². The monoisotopic (exact) mass is 447 g/mol. The largest absolute Gasteiger partial charge is 0.478 e. The minimum atomic E-state index is -2.07. The molecule has 0 aliphatic rings. The van der Waals surface area contributed by atoms with E-state index in [-0.39, 0.29) is 17.7 Å². The normalized spacial score (nSPS) is 12.1. The highest BCUT2D eigenvalue weighted by atomic mass is 16.6. The lowest BCUT2D eigenvalue weighted by atomic mass is 10.1. The van der Waals surface area contributed by atoms with Crippen molar-refractivity contribution in [3.8, 4) is 0 Å². The molecule has 2 N–H and O–H groups in total. The van der Waals surface area contributed by atoms with Crippen LogP contribution in [0.25, 0.3) is 0 Å². The average Bonchev–Trinajstić information content (AvgIpc) is 2.86. The van der Waals surface area contributed by atoms with Gasteiger partial charge in [-0.3, -0.25) is 4.79 Å². The summed E-state index contributed by atoms with van der Waals surface area (Å²) in [5.41, 5.74) is 0.936. The predicted octanol–water partition coefficient (Wildman–Crippen LogP) is 2.84. The summed E-state index contributed by atoms with van der Waals surface area (Å²) >= 11 is 0. The molecule has 0 spiro atoms. The van der Waals surface area contributed by atoms with Crippen molar-refractivity contribution in [1.29, 1.82) is 0 Å². The minimum Gasteiger partial charge on any atom is -0.478 e. The number of carboxylic acid groups (broad SMARTS) is 1. The van der Waals surface area contributed by atoms with Crippen molar-refractivity contribution in [3.63, 3.8) is 0 Å². The van der Waals surface area contributed by atoms with Crippen LogP contribution in [-0.4, -0.2) is 41.1 Å². The first-order valence-corrected chi connectivity index (χ1v) is 10.0. The summed E-state index contributed by atoms with van der Waals surface area (Å²) in [4.78, 5) is 49.9. The second-order valence-corrected chi connectivity index (χ2v) is 6.93. The van der Waals surface area contributed by atoms with Gasteiger partial charge >= 0.3 is 17.9 Å². The molecule has 0 saturated carbocycles. The maximum atomic E-state index is 12.9. The van der Waals surface area contributed by atoms with Crippen LogP contribution in [0.15, 0.2) is 91.0 Å². The molecule has 0 saturated heterocycles. The number of nitrogens with one attached hydrogen (secondary N) is 1. The highest BCUT2D eigenvalue weighted by molar-refractivity contribution is 5.96. The Morgan fingerprint density at radius 2 is 1.09 bits per heavy atom. The SMILES string of the molecule is O=C(O[C@H](C(=O)NCc1ccccc1)[C@@H](OC(=O)c1ccccc1)C(=O)O)c1ccccc1. The van der Waals surface area contributed by atoms with Crippen LogP contribution in [0.1, 0.15) is 26.3 Å². The van der Waals surface area contributed by atoms with Crippen molar-refractivity contribution >= 4 is 23.8 Å². The Labute approximate surface area is 189 Å². The molecule has 2 atom stereocenters. The van der Waals surface area contributed by atoms with Gasteiger partial charge in [0, 0.05) is 6.54 Å². The van der Waals surface area contributed by atoms with Gasteiger partial charge in [0.2, 0.25) is 12.2 Å². The lowest BCUT2D eigenvalue weighted by molar-refractivity contribution is -0.159. The van der Waals surface area contributed by atoms with Crippen LogP contribution in [0.5, 0.6) is 0 Å². The van der Waals surface area contributed by atoms with Gasteiger partial charge in [-0.05, 0) is 29.8 Å². The predicted molar refractivity (Wildman–Crippen MR) is 117 cm³/mol. The Morgan fingerprint density at radius 1 is 0.667 bits per heavy atom. The summed E-state index contributed by atoms with van der Waals surface area (Å²) < 4.78 is 10.3. The molecule has 0 aromatic heterocycles. The molecule has 8 heteroatoms. The van der Waals surface area contributed by atoms with Gasteiger partial charge in [0.05, 0.1) is 11.1 Å². The standard InChI is InChI=1S/C25H21NO7/c27-22(26-16-17-10-4-1-5-11-17)20(32-24(30)18-12-6-2-7-13-18)21(23(28)29)33-25(31)19-14-8-3-9-15-19/h1-15,20-21H,16H2,(H,26,27)(H,28,29)/t20-,21+/m0/s1. The van der Waals surface area contributed by atoms with Gasteiger partial charge in [-0.15, -0.1) is 0 Å². The van der Waals surface area contributed by atoms with E-state index in [2.05, 4.69) is 5.32 Å². The lowest BCUT2D eigenvalue weighted by Gasteiger charge is -2.23. The molecule has 8 nitrogen and oxygen atoms in total. The number of aliphatic carboxylic acids is 1. The van der Waals surface area contributed by atoms with Crippen molar-refractivity contribution in [2.45, 2.75) is 18.8 Å². The number of hydrogen-bond acceptors (Lipinski definition) is 6. The quantitative estimate of drug-likeness (QED) is 0.484. The van der Waals surface area contributed by atoms with Gasteiger partial charge in [-0.1, -0.05) is 66.7 Å². The zero-order valence-corrected chi connectivity index (χ0v) is 17.4. The minimum absolute atomic E-state index is 0.0536. The van der Waals surface area contributed by atoms with Gasteiger partial charge in [0.25, 0.3) is 5.91 Å². The molecule has 0 unspecified atom stereocenters. The Balaban J connectivity index is 1.83. The van der Waals surface area contributed by atoms with Gasteiger partial charge in [-0.25, -0.2) is 14.4 Å². The molecular formula is C25H21NO7. The molecule has 0 aliphatic heterocycles. The number of esters is 2. The van der Waals surface area contributed by atoms with E-state index in [0.717, 1.165) is 5.56 Å². The zero-order valence-electron chi connectivity index (χ0n) is 17.4. The third-order valence-electron chi connectivity index (χ3n) is 4.57. The maximum absolute atomic E-state index is 12.9. The third-order valence-corrected chi connectivity index (χ3v) is 4.57. The molecule has 1 amide bonds. The first-order valence-electron chi connectivity index (χ1n) is 10.0. The molecule has 33 heavy (non-hydrogen) atoms. The van der Waals surface area contributed by atoms with Gasteiger partial charge < -0.3 is 19.9 Å². The fourth-order valence-electron chi connectivity index (χ4n) is 2.90. The van der Waals surface area contributed by atoms with E-state index in [4.69, 9.17) is 9.47 Å². The molecular weight excluding hydrogens is 426 g/mol. The van der Waals surface area contributed by atoms with E-state index in [1.165, 1.54) is 24.3 Å². The van der Waals surface area contributed by atoms with E-state index >= 15 is 0 Å². The molecule has 3 aromatic carbocycles. The van der Waals surface area contributed by atoms with Gasteiger partial charge in [0.15, 0.2) is 0 Å². The van der Waals surface area contributed by atoms with Crippen molar-refractivity contribution in [1.82, 2.24) is 5.32 Å². The Kier molecular flexibility index (Phi) is 7.91. The third kappa shape index (κ3) is 6.51. The maximum Gasteiger partial charge on any atom is 0.349 e. The molecule has 0 aliphatic carbocycles. The van der Waals surface area contributed by atoms with Crippen molar-refractivity contribution in [3.05, 3.63) is 108 Å². The molecule has 3 aromatic rings. The summed E-state index contributed by atoms with van der Waals surface area (Å²) in [6.45, 7) is 0.0536. The first kappa shape index (κ1) is 23.2. The Hall–Kier alpha value is -4.46. The number of hydrogen-bond donors (Lipinski definition) is 2. The van der Waals surface area contributed by atoms with E-state index in [9.17, 15) is 24.3 Å². The molecule has 0 fully saturated rings. The molecule has 3 rings (SSSR count). The number of carbonyl (C=O) groups excluding carboxylic acids is 3. The number of amides is 1. The van der Waals surface area contributed by atoms with Crippen LogP contribution in [0.4, 0.5) is 0 Å². The number of ether oxygens (including phenoxy) is 2. The molecule has 0 radical (unpaired) electrons. The summed E-state index contributed by atoms with van der Waals surface area (Å²) in [6.07, 6.45) is -3.99. The van der Waals surface area contributed by atoms with E-state index in [1.54, 1.807) is 66.7 Å². The van der Waals surface area contributed by atoms with E-state index in [1.807, 2.05) is 0 Å². The fourth-order valence-corrected chi connectivity index (χ4v) is 2.90. The number of carbonyl (C=O) groups is 4. The van der Waals surface area contributed by atoms with Crippen molar-refractivity contribution in [2.24, 2.45) is 0 Å². The average molecular weight is 447 g/mol. The second kappa shape index (κ2) is 11.2. The molecule has 0 bridgehead atoms. The first-order chi connectivity index (χ1) is 16.0. The van der Waals surface area contributed by atoms with Crippen LogP contribution < -0.4 is 5.32 Å². The molecule has 0 heterocycles. The topological polar surface area (TPSA) is 119 Å². The van der Waals surface area contributed by atoms with Crippen molar-refractivity contribution < 1.29 is 33.8 Å². The fraction of sp³-hybridized carbons (Fsp3) is 0.120. The van der Waals surface area contributed by atoms with Crippen molar-refractivity contribution in [2.75, 3.05) is 0 Å². The van der Waals surface area contributed by atoms with E-state index < -0.39 is 36.0 Å². The summed E-state index contributed by atoms with van der Waals surface area (Å²) in [5.74, 6) is -4.46. The summed E-state index contributed by atoms with van der Waals surface area (Å²) in [6, 6.07) is 24.3. The van der Waals surface area contributed by atoms with E-state index in [0.29, 0.717) is 0 Å². The summed E-state index contributed by atoms with van der Waals surface area (Å²) in [7, 11) is 0. The Bertz CT molecular complexity index is 1100. The van der Waals surface area contributed by atoms with Gasteiger partial charge in [-0.2, -0.15) is 0 Å². The molecule has 168 valence electrons. The summed E-state index contributed by atoms with van der Waals surface area (Å²) in [5, 5.41) is 12.2. The zero-order chi connectivity index (χ0) is 23.6.